The zero-order valence-corrected chi connectivity index (χ0v) is 18.3. The van der Waals surface area contributed by atoms with Crippen molar-refractivity contribution in [1.29, 1.82) is 0 Å². The van der Waals surface area contributed by atoms with Gasteiger partial charge in [0.1, 0.15) is 17.3 Å². The van der Waals surface area contributed by atoms with E-state index in [1.807, 2.05) is 24.3 Å². The van der Waals surface area contributed by atoms with E-state index < -0.39 is 0 Å². The Hall–Kier alpha value is -2.29. The molecule has 0 unspecified atom stereocenters. The van der Waals surface area contributed by atoms with Gasteiger partial charge in [0.2, 0.25) is 0 Å². The number of Topliss-reactive ketones (excluding diaryl/α,β-unsaturated/α-hetero) is 1. The van der Waals surface area contributed by atoms with Crippen molar-refractivity contribution in [2.45, 2.75) is 63.2 Å². The predicted octanol–water partition coefficient (Wildman–Crippen LogP) is 6.52. The second kappa shape index (κ2) is 9.68. The first-order valence-electron chi connectivity index (χ1n) is 11.5. The topological polar surface area (TPSA) is 35.5 Å². The standard InChI is InChI=1S/C27H34O3/c1-29-26-15-5-3-13-22(26)24(19-9-7-10-19)17-21(28)18-25(20-11-8-12-20)23-14-4-6-16-27(23)30-2/h3-6,13-16,19-20,24-25H,7-12,17-18H2,1-2H3/t24-,25+. The Kier molecular flexibility index (Phi) is 6.76. The second-order valence-electron chi connectivity index (χ2n) is 9.03. The molecular formula is C27H34O3. The van der Waals surface area contributed by atoms with Gasteiger partial charge in [-0.25, -0.2) is 0 Å². The van der Waals surface area contributed by atoms with Crippen LogP contribution in [0.1, 0.15) is 74.3 Å². The van der Waals surface area contributed by atoms with E-state index in [0.29, 0.717) is 30.5 Å². The first-order chi connectivity index (χ1) is 14.7. The average Bonchev–Trinajstić information content (AvgIpc) is 2.70. The smallest absolute Gasteiger partial charge is 0.134 e. The van der Waals surface area contributed by atoms with Gasteiger partial charge in [-0.1, -0.05) is 49.2 Å². The summed E-state index contributed by atoms with van der Waals surface area (Å²) in [5, 5.41) is 0. The summed E-state index contributed by atoms with van der Waals surface area (Å²) in [5.41, 5.74) is 2.41. The number of rotatable bonds is 10. The van der Waals surface area contributed by atoms with Crippen LogP contribution in [0.15, 0.2) is 48.5 Å². The number of ether oxygens (including phenoxy) is 2. The van der Waals surface area contributed by atoms with Crippen molar-refractivity contribution >= 4 is 5.78 Å². The highest BCUT2D eigenvalue weighted by molar-refractivity contribution is 5.80. The maximum atomic E-state index is 13.4. The summed E-state index contributed by atoms with van der Waals surface area (Å²) in [6.45, 7) is 0. The Morgan fingerprint density at radius 3 is 1.50 bits per heavy atom. The Morgan fingerprint density at radius 2 is 1.17 bits per heavy atom. The lowest BCUT2D eigenvalue weighted by Crippen LogP contribution is -2.26. The summed E-state index contributed by atoms with van der Waals surface area (Å²) >= 11 is 0. The molecule has 0 amide bonds. The molecule has 0 saturated heterocycles. The van der Waals surface area contributed by atoms with Crippen LogP contribution in [-0.4, -0.2) is 20.0 Å². The zero-order valence-electron chi connectivity index (χ0n) is 18.3. The van der Waals surface area contributed by atoms with Crippen LogP contribution in [0.25, 0.3) is 0 Å². The van der Waals surface area contributed by atoms with Crippen LogP contribution in [0.5, 0.6) is 11.5 Å². The molecular weight excluding hydrogens is 372 g/mol. The predicted molar refractivity (Wildman–Crippen MR) is 120 cm³/mol. The third-order valence-electron chi connectivity index (χ3n) is 7.41. The van der Waals surface area contributed by atoms with Crippen molar-refractivity contribution in [3.8, 4) is 11.5 Å². The van der Waals surface area contributed by atoms with Crippen molar-refractivity contribution in [2.24, 2.45) is 11.8 Å². The number of hydrogen-bond donors (Lipinski definition) is 0. The highest BCUT2D eigenvalue weighted by Crippen LogP contribution is 2.47. The van der Waals surface area contributed by atoms with E-state index in [1.165, 1.54) is 49.7 Å². The molecule has 2 saturated carbocycles. The molecule has 0 bridgehead atoms. The third-order valence-corrected chi connectivity index (χ3v) is 7.41. The van der Waals surface area contributed by atoms with E-state index >= 15 is 0 Å². The molecule has 0 radical (unpaired) electrons. The van der Waals surface area contributed by atoms with Gasteiger partial charge in [0.15, 0.2) is 0 Å². The summed E-state index contributed by atoms with van der Waals surface area (Å²) < 4.78 is 11.3. The van der Waals surface area contributed by atoms with E-state index in [4.69, 9.17) is 9.47 Å². The number of carbonyl (C=O) groups excluding carboxylic acids is 1. The van der Waals surface area contributed by atoms with E-state index in [9.17, 15) is 4.79 Å². The molecule has 3 heteroatoms. The fourth-order valence-corrected chi connectivity index (χ4v) is 5.26. The van der Waals surface area contributed by atoms with Gasteiger partial charge in [0, 0.05) is 12.8 Å². The van der Waals surface area contributed by atoms with Crippen molar-refractivity contribution in [1.82, 2.24) is 0 Å². The first kappa shape index (κ1) is 21.0. The van der Waals surface area contributed by atoms with Gasteiger partial charge in [-0.3, -0.25) is 4.79 Å². The maximum Gasteiger partial charge on any atom is 0.134 e. The van der Waals surface area contributed by atoms with E-state index in [0.717, 1.165) is 11.5 Å². The highest BCUT2D eigenvalue weighted by Gasteiger charge is 2.35. The fraction of sp³-hybridized carbons (Fsp3) is 0.519. The molecule has 2 aliphatic carbocycles. The molecule has 160 valence electrons. The van der Waals surface area contributed by atoms with Crippen molar-refractivity contribution in [2.75, 3.05) is 14.2 Å². The number of carbonyl (C=O) groups is 1. The lowest BCUT2D eigenvalue weighted by Gasteiger charge is -2.36. The molecule has 0 spiro atoms. The minimum atomic E-state index is 0.266. The normalized spacial score (nSPS) is 18.7. The van der Waals surface area contributed by atoms with E-state index in [-0.39, 0.29) is 11.8 Å². The summed E-state index contributed by atoms with van der Waals surface area (Å²) in [6.07, 6.45) is 8.64. The molecule has 30 heavy (non-hydrogen) atoms. The van der Waals surface area contributed by atoms with Gasteiger partial charge in [-0.15, -0.1) is 0 Å². The van der Waals surface area contributed by atoms with Crippen LogP contribution in [0.4, 0.5) is 0 Å². The van der Waals surface area contributed by atoms with Gasteiger partial charge in [-0.2, -0.15) is 0 Å². The van der Waals surface area contributed by atoms with E-state index in [2.05, 4.69) is 24.3 Å². The molecule has 0 heterocycles. The Labute approximate surface area is 180 Å². The summed E-state index contributed by atoms with van der Waals surface area (Å²) in [6, 6.07) is 16.5. The Bertz CT molecular complexity index is 781. The molecule has 0 aromatic heterocycles. The van der Waals surface area contributed by atoms with Crippen molar-refractivity contribution < 1.29 is 14.3 Å². The quantitative estimate of drug-likeness (QED) is 0.450. The van der Waals surface area contributed by atoms with Crippen LogP contribution in [0, 0.1) is 11.8 Å². The highest BCUT2D eigenvalue weighted by atomic mass is 16.5. The lowest BCUT2D eigenvalue weighted by atomic mass is 9.68. The van der Waals surface area contributed by atoms with Crippen LogP contribution in [0.3, 0.4) is 0 Å². The minimum Gasteiger partial charge on any atom is -0.496 e. The Balaban J connectivity index is 1.54. The van der Waals surface area contributed by atoms with Crippen molar-refractivity contribution in [3.05, 3.63) is 59.7 Å². The molecule has 4 rings (SSSR count). The summed E-state index contributed by atoms with van der Waals surface area (Å²) in [4.78, 5) is 13.4. The van der Waals surface area contributed by atoms with Crippen LogP contribution < -0.4 is 9.47 Å². The van der Waals surface area contributed by atoms with Gasteiger partial charge in [0.05, 0.1) is 14.2 Å². The molecule has 0 N–H and O–H groups in total. The van der Waals surface area contributed by atoms with Gasteiger partial charge < -0.3 is 9.47 Å². The molecule has 2 aromatic rings. The largest absolute Gasteiger partial charge is 0.496 e. The fourth-order valence-electron chi connectivity index (χ4n) is 5.26. The number of methoxy groups -OCH3 is 2. The van der Waals surface area contributed by atoms with Gasteiger partial charge in [-0.05, 0) is 72.6 Å². The van der Waals surface area contributed by atoms with Crippen LogP contribution in [0.2, 0.25) is 0 Å². The van der Waals surface area contributed by atoms with Gasteiger partial charge >= 0.3 is 0 Å². The number of para-hydroxylation sites is 2. The monoisotopic (exact) mass is 406 g/mol. The summed E-state index contributed by atoms with van der Waals surface area (Å²) in [5.74, 6) is 3.94. The molecule has 2 aromatic carbocycles. The minimum absolute atomic E-state index is 0.266. The van der Waals surface area contributed by atoms with Gasteiger partial charge in [0.25, 0.3) is 0 Å². The first-order valence-corrected chi connectivity index (χ1v) is 11.5. The number of ketones is 1. The third kappa shape index (κ3) is 4.40. The van der Waals surface area contributed by atoms with E-state index in [1.54, 1.807) is 14.2 Å². The second-order valence-corrected chi connectivity index (χ2v) is 9.03. The maximum absolute atomic E-state index is 13.4. The average molecular weight is 407 g/mol. The summed E-state index contributed by atoms with van der Waals surface area (Å²) in [7, 11) is 3.46. The number of hydrogen-bond acceptors (Lipinski definition) is 3. The molecule has 3 nitrogen and oxygen atoms in total. The Morgan fingerprint density at radius 1 is 0.767 bits per heavy atom. The van der Waals surface area contributed by atoms with Crippen molar-refractivity contribution in [3.63, 3.8) is 0 Å². The molecule has 2 fully saturated rings. The zero-order chi connectivity index (χ0) is 20.9. The van der Waals surface area contributed by atoms with Crippen LogP contribution in [-0.2, 0) is 4.79 Å². The van der Waals surface area contributed by atoms with Crippen LogP contribution >= 0.6 is 0 Å². The SMILES string of the molecule is COc1ccccc1[C@@H](CC(=O)C[C@@H](c1ccccc1OC)C1CCC1)C1CCC1. The molecule has 2 atom stereocenters. The number of benzene rings is 2. The molecule has 2 aliphatic rings. The molecule has 0 aliphatic heterocycles. The lowest BCUT2D eigenvalue weighted by molar-refractivity contribution is -0.120.